The Labute approximate surface area is 282 Å². The zero-order valence-corrected chi connectivity index (χ0v) is 26.5. The summed E-state index contributed by atoms with van der Waals surface area (Å²) < 4.78 is 12.9. The Hall–Kier alpha value is -6.58. The molecule has 3 heteroatoms. The number of rotatable bonds is 5. The summed E-state index contributed by atoms with van der Waals surface area (Å²) in [6.45, 7) is 0. The monoisotopic (exact) mass is 627 g/mol. The predicted molar refractivity (Wildman–Crippen MR) is 204 cm³/mol. The Balaban J connectivity index is 1.12. The molecule has 49 heavy (non-hydrogen) atoms. The molecule has 0 N–H and O–H groups in total. The van der Waals surface area contributed by atoms with Gasteiger partial charge in [0.2, 0.25) is 0 Å². The molecule has 0 atom stereocenters. The average Bonchev–Trinajstić information content (AvgIpc) is 3.74. The van der Waals surface area contributed by atoms with Crippen LogP contribution in [-0.4, -0.2) is 0 Å². The van der Waals surface area contributed by atoms with Gasteiger partial charge in [-0.1, -0.05) is 121 Å². The summed E-state index contributed by atoms with van der Waals surface area (Å²) in [5, 5.41) is 6.81. The first kappa shape index (κ1) is 27.5. The topological polar surface area (TPSA) is 29.5 Å². The quantitative estimate of drug-likeness (QED) is 0.190. The van der Waals surface area contributed by atoms with Crippen molar-refractivity contribution in [3.05, 3.63) is 176 Å². The van der Waals surface area contributed by atoms with Crippen LogP contribution in [0.5, 0.6) is 0 Å². The third-order valence-electron chi connectivity index (χ3n) is 9.67. The highest BCUT2D eigenvalue weighted by Gasteiger charge is 2.21. The van der Waals surface area contributed by atoms with E-state index in [2.05, 4.69) is 169 Å². The summed E-state index contributed by atoms with van der Waals surface area (Å²) in [5.41, 5.74) is 11.3. The second kappa shape index (κ2) is 11.0. The minimum Gasteiger partial charge on any atom is -0.456 e. The maximum atomic E-state index is 6.79. The summed E-state index contributed by atoms with van der Waals surface area (Å²) >= 11 is 0. The van der Waals surface area contributed by atoms with E-state index in [-0.39, 0.29) is 0 Å². The van der Waals surface area contributed by atoms with Gasteiger partial charge in [0, 0.05) is 49.4 Å². The van der Waals surface area contributed by atoms with E-state index in [1.807, 2.05) is 12.1 Å². The van der Waals surface area contributed by atoms with Gasteiger partial charge in [0.15, 0.2) is 0 Å². The Bertz CT molecular complexity index is 2830. The van der Waals surface area contributed by atoms with Gasteiger partial charge in [-0.15, -0.1) is 0 Å². The van der Waals surface area contributed by atoms with E-state index in [0.29, 0.717) is 0 Å². The predicted octanol–water partition coefficient (Wildman–Crippen LogP) is 13.4. The lowest BCUT2D eigenvalue weighted by Gasteiger charge is -2.28. The Morgan fingerprint density at radius 1 is 0.347 bits per heavy atom. The lowest BCUT2D eigenvalue weighted by atomic mass is 9.98. The normalized spacial score (nSPS) is 11.7. The van der Waals surface area contributed by atoms with Crippen LogP contribution in [0.25, 0.3) is 76.9 Å². The smallest absolute Gasteiger partial charge is 0.143 e. The van der Waals surface area contributed by atoms with Crippen molar-refractivity contribution in [3.8, 4) is 22.3 Å². The van der Waals surface area contributed by atoms with Crippen molar-refractivity contribution in [2.75, 3.05) is 4.90 Å². The third kappa shape index (κ3) is 4.44. The van der Waals surface area contributed by atoms with Gasteiger partial charge in [-0.3, -0.25) is 0 Å². The fraction of sp³-hybridized carbons (Fsp3) is 0. The van der Waals surface area contributed by atoms with E-state index in [1.54, 1.807) is 0 Å². The van der Waals surface area contributed by atoms with Crippen molar-refractivity contribution in [2.24, 2.45) is 0 Å². The van der Waals surface area contributed by atoms with Gasteiger partial charge in [0.25, 0.3) is 0 Å². The van der Waals surface area contributed by atoms with Gasteiger partial charge in [0.05, 0.1) is 5.69 Å². The average molecular weight is 628 g/mol. The van der Waals surface area contributed by atoms with Crippen molar-refractivity contribution in [1.29, 1.82) is 0 Å². The van der Waals surface area contributed by atoms with Crippen molar-refractivity contribution in [2.45, 2.75) is 0 Å². The molecule has 0 aliphatic carbocycles. The van der Waals surface area contributed by atoms with Gasteiger partial charge in [-0.25, -0.2) is 0 Å². The van der Waals surface area contributed by atoms with Crippen LogP contribution in [0.4, 0.5) is 17.1 Å². The zero-order valence-electron chi connectivity index (χ0n) is 26.5. The molecule has 0 unspecified atom stereocenters. The molecule has 2 aromatic heterocycles. The highest BCUT2D eigenvalue weighted by atomic mass is 16.3. The molecular weight excluding hydrogens is 599 g/mol. The minimum atomic E-state index is 0.895. The summed E-state index contributed by atoms with van der Waals surface area (Å²) in [5.74, 6) is 0. The number of hydrogen-bond acceptors (Lipinski definition) is 3. The van der Waals surface area contributed by atoms with Crippen molar-refractivity contribution < 1.29 is 8.83 Å². The van der Waals surface area contributed by atoms with Crippen LogP contribution in [0.3, 0.4) is 0 Å². The Kier molecular flexibility index (Phi) is 6.18. The number of nitrogens with zero attached hydrogens (tertiary/aromatic N) is 1. The lowest BCUT2D eigenvalue weighted by molar-refractivity contribution is 0.669. The van der Waals surface area contributed by atoms with Crippen molar-refractivity contribution in [1.82, 2.24) is 0 Å². The standard InChI is InChI=1S/C46H29NO2/c1-2-12-33(13-3-1)47(34-25-21-30(22-26-34)32-24-28-44-41(29-32)37-16-7-9-20-43(37)48-44)42-19-8-6-15-36(42)38-17-10-18-39-40-27-23-31-11-4-5-14-35(31)45(40)49-46(38)39/h1-29H. The number of para-hydroxylation sites is 4. The molecule has 0 aliphatic heterocycles. The molecule has 0 saturated carbocycles. The highest BCUT2D eigenvalue weighted by Crippen LogP contribution is 2.45. The van der Waals surface area contributed by atoms with Crippen LogP contribution in [0.15, 0.2) is 185 Å². The van der Waals surface area contributed by atoms with Gasteiger partial charge in [-0.2, -0.15) is 0 Å². The largest absolute Gasteiger partial charge is 0.456 e. The summed E-state index contributed by atoms with van der Waals surface area (Å²) in [7, 11) is 0. The SMILES string of the molecule is c1ccc(N(c2ccc(-c3ccc4oc5ccccc5c4c3)cc2)c2ccccc2-c2cccc3c2oc2c4ccccc4ccc32)cc1. The van der Waals surface area contributed by atoms with E-state index in [1.165, 1.54) is 5.39 Å². The maximum Gasteiger partial charge on any atom is 0.143 e. The summed E-state index contributed by atoms with van der Waals surface area (Å²) in [6, 6.07) is 62.0. The van der Waals surface area contributed by atoms with E-state index < -0.39 is 0 Å². The highest BCUT2D eigenvalue weighted by molar-refractivity contribution is 6.17. The molecule has 230 valence electrons. The molecule has 0 radical (unpaired) electrons. The van der Waals surface area contributed by atoms with E-state index in [9.17, 15) is 0 Å². The first-order valence-corrected chi connectivity index (χ1v) is 16.6. The van der Waals surface area contributed by atoms with Gasteiger partial charge in [-0.05, 0) is 71.1 Å². The van der Waals surface area contributed by atoms with Crippen molar-refractivity contribution in [3.63, 3.8) is 0 Å². The van der Waals surface area contributed by atoms with E-state index in [4.69, 9.17) is 8.83 Å². The first-order chi connectivity index (χ1) is 24.3. The number of furan rings is 2. The minimum absolute atomic E-state index is 0.895. The lowest BCUT2D eigenvalue weighted by Crippen LogP contribution is -2.11. The maximum absolute atomic E-state index is 6.79. The van der Waals surface area contributed by atoms with E-state index in [0.717, 1.165) is 88.6 Å². The summed E-state index contributed by atoms with van der Waals surface area (Å²) in [6.07, 6.45) is 0. The molecule has 10 aromatic rings. The van der Waals surface area contributed by atoms with E-state index >= 15 is 0 Å². The van der Waals surface area contributed by atoms with Crippen molar-refractivity contribution >= 4 is 71.7 Å². The number of anilines is 3. The zero-order chi connectivity index (χ0) is 32.3. The Morgan fingerprint density at radius 2 is 1.00 bits per heavy atom. The van der Waals surface area contributed by atoms with Gasteiger partial charge < -0.3 is 13.7 Å². The van der Waals surface area contributed by atoms with Crippen LogP contribution in [0.1, 0.15) is 0 Å². The molecule has 2 heterocycles. The summed E-state index contributed by atoms with van der Waals surface area (Å²) in [4.78, 5) is 2.34. The number of hydrogen-bond donors (Lipinski definition) is 0. The molecule has 0 amide bonds. The van der Waals surface area contributed by atoms with Crippen LogP contribution >= 0.6 is 0 Å². The van der Waals surface area contributed by atoms with Crippen LogP contribution in [0.2, 0.25) is 0 Å². The molecular formula is C46H29NO2. The molecule has 0 spiro atoms. The van der Waals surface area contributed by atoms with Gasteiger partial charge >= 0.3 is 0 Å². The molecule has 0 bridgehead atoms. The van der Waals surface area contributed by atoms with Crippen LogP contribution in [-0.2, 0) is 0 Å². The fourth-order valence-electron chi connectivity index (χ4n) is 7.35. The molecule has 0 fully saturated rings. The third-order valence-corrected chi connectivity index (χ3v) is 9.67. The molecule has 3 nitrogen and oxygen atoms in total. The van der Waals surface area contributed by atoms with Crippen LogP contribution in [0, 0.1) is 0 Å². The number of fused-ring (bicyclic) bond motifs is 8. The van der Waals surface area contributed by atoms with Crippen LogP contribution < -0.4 is 4.90 Å². The molecule has 0 aliphatic rings. The Morgan fingerprint density at radius 3 is 1.90 bits per heavy atom. The fourth-order valence-corrected chi connectivity index (χ4v) is 7.35. The van der Waals surface area contributed by atoms with Gasteiger partial charge in [0.1, 0.15) is 22.3 Å². The second-order valence-corrected chi connectivity index (χ2v) is 12.5. The first-order valence-electron chi connectivity index (χ1n) is 16.6. The molecule has 8 aromatic carbocycles. The molecule has 0 saturated heterocycles. The molecule has 10 rings (SSSR count). The second-order valence-electron chi connectivity index (χ2n) is 12.5. The number of benzene rings is 8.